The van der Waals surface area contributed by atoms with E-state index in [0.717, 1.165) is 43.2 Å². The first-order valence-electron chi connectivity index (χ1n) is 8.68. The Morgan fingerprint density at radius 1 is 1.17 bits per heavy atom. The monoisotopic (exact) mass is 468 g/mol. The predicted octanol–water partition coefficient (Wildman–Crippen LogP) is 5.26. The highest BCUT2D eigenvalue weighted by Crippen LogP contribution is 2.34. The number of carbonyl (C=O) groups is 2. The Labute approximate surface area is 179 Å². The Morgan fingerprint density at radius 2 is 1.93 bits per heavy atom. The third-order valence-corrected chi connectivity index (χ3v) is 5.95. The zero-order valence-electron chi connectivity index (χ0n) is 15.1. The Kier molecular flexibility index (Phi) is 5.31. The van der Waals surface area contributed by atoms with Crippen molar-refractivity contribution < 1.29 is 14.0 Å². The fourth-order valence-corrected chi connectivity index (χ4v) is 4.39. The maximum absolute atomic E-state index is 13.2. The molecule has 1 aromatic heterocycles. The summed E-state index contributed by atoms with van der Waals surface area (Å²) in [6.45, 7) is 0.505. The summed E-state index contributed by atoms with van der Waals surface area (Å²) in [4.78, 5) is 26.0. The average Bonchev–Trinajstić information content (AvgIpc) is 3.16. The van der Waals surface area contributed by atoms with Crippen LogP contribution in [-0.2, 0) is 11.3 Å². The highest BCUT2D eigenvalue weighted by atomic mass is 79.9. The molecule has 1 fully saturated rings. The van der Waals surface area contributed by atoms with Crippen LogP contribution in [0.3, 0.4) is 0 Å². The summed E-state index contributed by atoms with van der Waals surface area (Å²) in [5.74, 6) is 1.67. The fraction of sp³-hybridized carbons (Fsp3) is 0.0909. The number of terminal acetylenes is 1. The molecule has 7 heteroatoms. The van der Waals surface area contributed by atoms with Crippen molar-refractivity contribution in [2.45, 2.75) is 6.54 Å². The second-order valence-corrected chi connectivity index (χ2v) is 8.38. The average molecular weight is 469 g/mol. The van der Waals surface area contributed by atoms with Gasteiger partial charge in [0.15, 0.2) is 0 Å². The van der Waals surface area contributed by atoms with Crippen molar-refractivity contribution in [1.82, 2.24) is 9.47 Å². The molecule has 1 aliphatic heterocycles. The number of hydrogen-bond acceptors (Lipinski definition) is 3. The molecule has 29 heavy (non-hydrogen) atoms. The van der Waals surface area contributed by atoms with Crippen LogP contribution in [0.1, 0.15) is 11.1 Å². The number of hydrogen-bond donors (Lipinski definition) is 0. The van der Waals surface area contributed by atoms with E-state index < -0.39 is 0 Å². The summed E-state index contributed by atoms with van der Waals surface area (Å²) >= 11 is 4.37. The van der Waals surface area contributed by atoms with Crippen molar-refractivity contribution in [2.24, 2.45) is 0 Å². The highest BCUT2D eigenvalue weighted by molar-refractivity contribution is 9.10. The lowest BCUT2D eigenvalue weighted by molar-refractivity contribution is -0.122. The molecule has 4 nitrogen and oxygen atoms in total. The molecule has 2 amide bonds. The van der Waals surface area contributed by atoms with Gasteiger partial charge in [-0.15, -0.1) is 6.42 Å². The standard InChI is InChI=1S/C22H14BrFN2O2S/c1-2-9-26-21(27)20(29-22(26)28)10-15-13-25(12-14-3-6-17(24)7-4-14)19-8-5-16(23)11-18(15)19/h1,3-8,10-11,13H,9,12H2/b20-10-. The number of aromatic nitrogens is 1. The van der Waals surface area contributed by atoms with Gasteiger partial charge in [0.25, 0.3) is 11.1 Å². The van der Waals surface area contributed by atoms with Gasteiger partial charge in [-0.25, -0.2) is 4.39 Å². The molecule has 0 aliphatic carbocycles. The highest BCUT2D eigenvalue weighted by Gasteiger charge is 2.34. The number of thioether (sulfide) groups is 1. The second kappa shape index (κ2) is 7.90. The van der Waals surface area contributed by atoms with Gasteiger partial charge in [0.1, 0.15) is 5.82 Å². The van der Waals surface area contributed by atoms with Crippen molar-refractivity contribution in [3.63, 3.8) is 0 Å². The van der Waals surface area contributed by atoms with Crippen LogP contribution in [0, 0.1) is 18.2 Å². The summed E-state index contributed by atoms with van der Waals surface area (Å²) in [5, 5.41) is 0.570. The quantitative estimate of drug-likeness (QED) is 0.387. The number of nitrogens with zero attached hydrogens (tertiary/aromatic N) is 2. The van der Waals surface area contributed by atoms with Gasteiger partial charge in [-0.3, -0.25) is 14.5 Å². The summed E-state index contributed by atoms with van der Waals surface area (Å²) in [5.41, 5.74) is 2.73. The Morgan fingerprint density at radius 3 is 2.66 bits per heavy atom. The van der Waals surface area contributed by atoms with Crippen LogP contribution < -0.4 is 0 Å². The number of imide groups is 1. The maximum Gasteiger partial charge on any atom is 0.294 e. The molecular formula is C22H14BrFN2O2S. The molecule has 1 aliphatic rings. The molecule has 0 bridgehead atoms. The molecule has 1 saturated heterocycles. The van der Waals surface area contributed by atoms with E-state index in [-0.39, 0.29) is 23.5 Å². The van der Waals surface area contributed by atoms with Gasteiger partial charge in [-0.2, -0.15) is 0 Å². The number of halogens is 2. The van der Waals surface area contributed by atoms with Crippen LogP contribution in [0.25, 0.3) is 17.0 Å². The molecule has 0 saturated carbocycles. The molecule has 0 N–H and O–H groups in total. The third-order valence-electron chi connectivity index (χ3n) is 4.55. The smallest absolute Gasteiger partial charge is 0.294 e. The lowest BCUT2D eigenvalue weighted by Crippen LogP contribution is -2.28. The molecule has 0 atom stereocenters. The van der Waals surface area contributed by atoms with E-state index in [9.17, 15) is 14.0 Å². The van der Waals surface area contributed by atoms with Crippen LogP contribution in [-0.4, -0.2) is 27.2 Å². The third kappa shape index (κ3) is 3.86. The summed E-state index contributed by atoms with van der Waals surface area (Å²) in [7, 11) is 0. The number of fused-ring (bicyclic) bond motifs is 1. The maximum atomic E-state index is 13.2. The Balaban J connectivity index is 1.76. The van der Waals surface area contributed by atoms with E-state index in [0.29, 0.717) is 11.4 Å². The van der Waals surface area contributed by atoms with Gasteiger partial charge in [0, 0.05) is 33.7 Å². The van der Waals surface area contributed by atoms with Crippen LogP contribution in [0.5, 0.6) is 0 Å². The molecule has 2 heterocycles. The number of amides is 2. The topological polar surface area (TPSA) is 42.3 Å². The van der Waals surface area contributed by atoms with Crippen molar-refractivity contribution in [3.05, 3.63) is 75.0 Å². The lowest BCUT2D eigenvalue weighted by atomic mass is 10.1. The van der Waals surface area contributed by atoms with E-state index in [2.05, 4.69) is 21.9 Å². The van der Waals surface area contributed by atoms with E-state index in [4.69, 9.17) is 6.42 Å². The zero-order chi connectivity index (χ0) is 20.5. The second-order valence-electron chi connectivity index (χ2n) is 6.47. The molecule has 3 aromatic rings. The van der Waals surface area contributed by atoms with E-state index in [1.165, 1.54) is 12.1 Å². The van der Waals surface area contributed by atoms with E-state index >= 15 is 0 Å². The van der Waals surface area contributed by atoms with Gasteiger partial charge in [-0.05, 0) is 53.7 Å². The van der Waals surface area contributed by atoms with Crippen molar-refractivity contribution in [3.8, 4) is 12.3 Å². The Bertz CT molecular complexity index is 1210. The molecular weight excluding hydrogens is 455 g/mol. The number of carbonyl (C=O) groups excluding carboxylic acids is 2. The largest absolute Gasteiger partial charge is 0.342 e. The van der Waals surface area contributed by atoms with Crippen LogP contribution in [0.2, 0.25) is 0 Å². The first kappa shape index (κ1) is 19.5. The van der Waals surface area contributed by atoms with Crippen molar-refractivity contribution >= 4 is 55.8 Å². The number of rotatable bonds is 4. The predicted molar refractivity (Wildman–Crippen MR) is 117 cm³/mol. The van der Waals surface area contributed by atoms with Crippen LogP contribution in [0.4, 0.5) is 9.18 Å². The van der Waals surface area contributed by atoms with Crippen LogP contribution >= 0.6 is 27.7 Å². The van der Waals surface area contributed by atoms with Crippen molar-refractivity contribution in [2.75, 3.05) is 6.54 Å². The molecule has 0 unspecified atom stereocenters. The first-order chi connectivity index (χ1) is 14.0. The zero-order valence-corrected chi connectivity index (χ0v) is 17.5. The van der Waals surface area contributed by atoms with Gasteiger partial charge < -0.3 is 4.57 Å². The summed E-state index contributed by atoms with van der Waals surface area (Å²) in [6, 6.07) is 12.2. The minimum atomic E-state index is -0.382. The summed E-state index contributed by atoms with van der Waals surface area (Å²) in [6.07, 6.45) is 8.90. The van der Waals surface area contributed by atoms with Crippen LogP contribution in [0.15, 0.2) is 58.0 Å². The number of benzene rings is 2. The van der Waals surface area contributed by atoms with E-state index in [1.807, 2.05) is 29.0 Å². The summed E-state index contributed by atoms with van der Waals surface area (Å²) < 4.78 is 16.1. The molecule has 4 rings (SSSR count). The molecule has 0 spiro atoms. The van der Waals surface area contributed by atoms with Gasteiger partial charge in [0.05, 0.1) is 11.4 Å². The minimum absolute atomic E-state index is 0.0418. The first-order valence-corrected chi connectivity index (χ1v) is 10.3. The van der Waals surface area contributed by atoms with E-state index in [1.54, 1.807) is 18.2 Å². The Hall–Kier alpha value is -2.82. The fourth-order valence-electron chi connectivity index (χ4n) is 3.20. The lowest BCUT2D eigenvalue weighted by Gasteiger charge is -2.06. The SMILES string of the molecule is C#CCN1C(=O)S/C(=C\c2cn(Cc3ccc(F)cc3)c3ccc(Br)cc23)C1=O. The van der Waals surface area contributed by atoms with Gasteiger partial charge in [0.2, 0.25) is 0 Å². The van der Waals surface area contributed by atoms with Crippen molar-refractivity contribution in [1.29, 1.82) is 0 Å². The minimum Gasteiger partial charge on any atom is -0.342 e. The normalized spacial score (nSPS) is 15.5. The molecule has 144 valence electrons. The molecule has 0 radical (unpaired) electrons. The van der Waals surface area contributed by atoms with Gasteiger partial charge >= 0.3 is 0 Å². The van der Waals surface area contributed by atoms with Gasteiger partial charge in [-0.1, -0.05) is 34.0 Å². The molecule has 2 aromatic carbocycles.